The largest absolute Gasteiger partial charge is 0.490 e. The van der Waals surface area contributed by atoms with Gasteiger partial charge in [-0.2, -0.15) is 0 Å². The van der Waals surface area contributed by atoms with Gasteiger partial charge < -0.3 is 24.2 Å². The molecule has 4 rings (SSSR count). The molecular formula is C25H34N3O3+. The van der Waals surface area contributed by atoms with Gasteiger partial charge in [0.05, 0.1) is 19.8 Å². The molecule has 0 bridgehead atoms. The zero-order chi connectivity index (χ0) is 21.6. The maximum absolute atomic E-state index is 13.0. The van der Waals surface area contributed by atoms with E-state index >= 15 is 0 Å². The molecule has 2 heterocycles. The van der Waals surface area contributed by atoms with Gasteiger partial charge in [0.1, 0.15) is 6.54 Å². The number of quaternary nitrogens is 1. The molecule has 1 saturated heterocycles. The van der Waals surface area contributed by atoms with E-state index in [1.807, 2.05) is 24.8 Å². The monoisotopic (exact) mass is 424 g/mol. The summed E-state index contributed by atoms with van der Waals surface area (Å²) in [6.45, 7) is 11.0. The molecule has 2 aromatic rings. The number of rotatable bonds is 7. The Balaban J connectivity index is 1.34. The summed E-state index contributed by atoms with van der Waals surface area (Å²) in [4.78, 5) is 18.7. The summed E-state index contributed by atoms with van der Waals surface area (Å²) in [5.74, 6) is 1.91. The van der Waals surface area contributed by atoms with Crippen LogP contribution < -0.4 is 19.3 Å². The van der Waals surface area contributed by atoms with Crippen molar-refractivity contribution in [2.75, 3.05) is 57.4 Å². The first-order chi connectivity index (χ1) is 15.2. The molecule has 1 atom stereocenters. The summed E-state index contributed by atoms with van der Waals surface area (Å²) in [5, 5.41) is 0. The predicted molar refractivity (Wildman–Crippen MR) is 122 cm³/mol. The Morgan fingerprint density at radius 2 is 1.58 bits per heavy atom. The Kier molecular flexibility index (Phi) is 6.97. The normalized spacial score (nSPS) is 18.5. The first-order valence-corrected chi connectivity index (χ1v) is 11.5. The maximum Gasteiger partial charge on any atom is 0.277 e. The standard InChI is InChI=1S/C25H33N3O3/c1-3-30-23-16-20-10-11-26(18-21(20)17-24(23)31-4-2)19-25(29)28-14-12-27(13-15-28)22-8-6-5-7-9-22/h5-9,16-17H,3-4,10-15,18-19H2,1-2H3/p+1. The number of benzene rings is 2. The van der Waals surface area contributed by atoms with Crippen LogP contribution in [0.25, 0.3) is 0 Å². The quantitative estimate of drug-likeness (QED) is 0.736. The van der Waals surface area contributed by atoms with Gasteiger partial charge in [-0.25, -0.2) is 0 Å². The second kappa shape index (κ2) is 10.1. The molecule has 2 aliphatic rings. The van der Waals surface area contributed by atoms with Gasteiger partial charge in [0.2, 0.25) is 0 Å². The number of hydrogen-bond acceptors (Lipinski definition) is 4. The van der Waals surface area contributed by atoms with Crippen LogP contribution in [0.15, 0.2) is 42.5 Å². The predicted octanol–water partition coefficient (Wildman–Crippen LogP) is 1.77. The molecule has 2 aliphatic heterocycles. The van der Waals surface area contributed by atoms with E-state index in [-0.39, 0.29) is 5.91 Å². The van der Waals surface area contributed by atoms with E-state index in [0.29, 0.717) is 19.8 Å². The zero-order valence-corrected chi connectivity index (χ0v) is 18.7. The molecule has 1 unspecified atom stereocenters. The van der Waals surface area contributed by atoms with Crippen molar-refractivity contribution in [1.29, 1.82) is 0 Å². The lowest BCUT2D eigenvalue weighted by molar-refractivity contribution is -0.908. The smallest absolute Gasteiger partial charge is 0.277 e. The lowest BCUT2D eigenvalue weighted by Gasteiger charge is -2.36. The van der Waals surface area contributed by atoms with Gasteiger partial charge in [-0.15, -0.1) is 0 Å². The highest BCUT2D eigenvalue weighted by Crippen LogP contribution is 2.32. The Morgan fingerprint density at radius 3 is 2.23 bits per heavy atom. The number of amides is 1. The van der Waals surface area contributed by atoms with E-state index in [9.17, 15) is 4.79 Å². The number of anilines is 1. The number of ether oxygens (including phenoxy) is 2. The maximum atomic E-state index is 13.0. The molecule has 0 spiro atoms. The Labute approximate surface area is 185 Å². The van der Waals surface area contributed by atoms with Crippen LogP contribution in [0, 0.1) is 0 Å². The second-order valence-corrected chi connectivity index (χ2v) is 8.24. The number of carbonyl (C=O) groups excluding carboxylic acids is 1. The number of hydrogen-bond donors (Lipinski definition) is 1. The van der Waals surface area contributed by atoms with Crippen LogP contribution in [0.1, 0.15) is 25.0 Å². The average Bonchev–Trinajstić information content (AvgIpc) is 2.80. The Hall–Kier alpha value is -2.73. The molecule has 6 heteroatoms. The van der Waals surface area contributed by atoms with Gasteiger partial charge >= 0.3 is 0 Å². The van der Waals surface area contributed by atoms with E-state index < -0.39 is 0 Å². The van der Waals surface area contributed by atoms with E-state index in [0.717, 1.165) is 57.2 Å². The third-order valence-electron chi connectivity index (χ3n) is 6.21. The van der Waals surface area contributed by atoms with Crippen LogP contribution >= 0.6 is 0 Å². The summed E-state index contributed by atoms with van der Waals surface area (Å²) in [6.07, 6.45) is 0.964. The highest BCUT2D eigenvalue weighted by Gasteiger charge is 2.28. The highest BCUT2D eigenvalue weighted by molar-refractivity contribution is 5.77. The van der Waals surface area contributed by atoms with Crippen molar-refractivity contribution < 1.29 is 19.2 Å². The van der Waals surface area contributed by atoms with Crippen molar-refractivity contribution in [3.63, 3.8) is 0 Å². The minimum Gasteiger partial charge on any atom is -0.490 e. The number of nitrogens with one attached hydrogen (secondary N) is 1. The third kappa shape index (κ3) is 5.13. The zero-order valence-electron chi connectivity index (χ0n) is 18.7. The Morgan fingerprint density at radius 1 is 0.935 bits per heavy atom. The van der Waals surface area contributed by atoms with Gasteiger partial charge in [-0.05, 0) is 43.7 Å². The lowest BCUT2D eigenvalue weighted by Crippen LogP contribution is -3.12. The van der Waals surface area contributed by atoms with Crippen LogP contribution in [-0.2, 0) is 17.8 Å². The van der Waals surface area contributed by atoms with Gasteiger partial charge in [-0.3, -0.25) is 4.79 Å². The van der Waals surface area contributed by atoms with Crippen molar-refractivity contribution in [1.82, 2.24) is 4.90 Å². The van der Waals surface area contributed by atoms with Crippen molar-refractivity contribution in [3.05, 3.63) is 53.6 Å². The molecule has 1 N–H and O–H groups in total. The van der Waals surface area contributed by atoms with Crippen LogP contribution in [0.3, 0.4) is 0 Å². The minimum atomic E-state index is 0.266. The molecule has 31 heavy (non-hydrogen) atoms. The Bertz CT molecular complexity index is 879. The SMILES string of the molecule is CCOc1cc2c(cc1OCC)C[NH+](CC(=O)N1CCN(c3ccccc3)CC1)CC2. The third-order valence-corrected chi connectivity index (χ3v) is 6.21. The van der Waals surface area contributed by atoms with Crippen molar-refractivity contribution in [2.45, 2.75) is 26.8 Å². The minimum absolute atomic E-state index is 0.266. The molecule has 1 fully saturated rings. The number of fused-ring (bicyclic) bond motifs is 1. The molecule has 0 aliphatic carbocycles. The van der Waals surface area contributed by atoms with Crippen molar-refractivity contribution in [2.24, 2.45) is 0 Å². The van der Waals surface area contributed by atoms with Gasteiger partial charge in [0, 0.05) is 43.9 Å². The number of carbonyl (C=O) groups is 1. The van der Waals surface area contributed by atoms with E-state index in [2.05, 4.69) is 41.3 Å². The molecule has 2 aromatic carbocycles. The summed E-state index contributed by atoms with van der Waals surface area (Å²) in [5.41, 5.74) is 3.83. The van der Waals surface area contributed by atoms with Crippen molar-refractivity contribution >= 4 is 11.6 Å². The first-order valence-electron chi connectivity index (χ1n) is 11.5. The van der Waals surface area contributed by atoms with Crippen LogP contribution in [-0.4, -0.2) is 63.3 Å². The lowest BCUT2D eigenvalue weighted by atomic mass is 9.98. The molecule has 0 radical (unpaired) electrons. The molecule has 0 aromatic heterocycles. The van der Waals surface area contributed by atoms with E-state index in [1.54, 1.807) is 0 Å². The van der Waals surface area contributed by atoms with Gasteiger partial charge in [-0.1, -0.05) is 18.2 Å². The molecule has 0 saturated carbocycles. The fraction of sp³-hybridized carbons (Fsp3) is 0.480. The fourth-order valence-electron chi connectivity index (χ4n) is 4.58. The summed E-state index contributed by atoms with van der Waals surface area (Å²) in [6, 6.07) is 14.7. The van der Waals surface area contributed by atoms with Crippen LogP contribution in [0.2, 0.25) is 0 Å². The summed E-state index contributed by atoms with van der Waals surface area (Å²) in [7, 11) is 0. The number of nitrogens with zero attached hydrogens (tertiary/aromatic N) is 2. The molecule has 6 nitrogen and oxygen atoms in total. The average molecular weight is 425 g/mol. The number of para-hydroxylation sites is 1. The van der Waals surface area contributed by atoms with Gasteiger partial charge in [0.25, 0.3) is 5.91 Å². The molecular weight excluding hydrogens is 390 g/mol. The molecule has 166 valence electrons. The highest BCUT2D eigenvalue weighted by atomic mass is 16.5. The summed E-state index contributed by atoms with van der Waals surface area (Å²) >= 11 is 0. The fourth-order valence-corrected chi connectivity index (χ4v) is 4.58. The van der Waals surface area contributed by atoms with E-state index in [1.165, 1.54) is 21.7 Å². The summed E-state index contributed by atoms with van der Waals surface area (Å²) < 4.78 is 11.6. The first kappa shape index (κ1) is 21.5. The van der Waals surface area contributed by atoms with Crippen LogP contribution in [0.4, 0.5) is 5.69 Å². The van der Waals surface area contributed by atoms with E-state index in [4.69, 9.17) is 9.47 Å². The van der Waals surface area contributed by atoms with Crippen molar-refractivity contribution in [3.8, 4) is 11.5 Å². The van der Waals surface area contributed by atoms with Gasteiger partial charge in [0.15, 0.2) is 18.0 Å². The number of piperazine rings is 1. The topological polar surface area (TPSA) is 46.5 Å². The second-order valence-electron chi connectivity index (χ2n) is 8.24. The molecule has 1 amide bonds. The van der Waals surface area contributed by atoms with Crippen LogP contribution in [0.5, 0.6) is 11.5 Å².